The van der Waals surface area contributed by atoms with E-state index in [0.29, 0.717) is 23.9 Å². The molecule has 0 bridgehead atoms. The van der Waals surface area contributed by atoms with Crippen LogP contribution < -0.4 is 10.1 Å². The van der Waals surface area contributed by atoms with Gasteiger partial charge in [0.05, 0.1) is 36.3 Å². The van der Waals surface area contributed by atoms with Crippen molar-refractivity contribution in [1.82, 2.24) is 19.2 Å². The molecule has 0 radical (unpaired) electrons. The van der Waals surface area contributed by atoms with E-state index in [9.17, 15) is 4.79 Å². The number of hydrogen-bond donors (Lipinski definition) is 1. The number of anilines is 1. The quantitative estimate of drug-likeness (QED) is 0.259. The Morgan fingerprint density at radius 2 is 1.82 bits per heavy atom. The highest BCUT2D eigenvalue weighted by atomic mass is 35.5. The zero-order valence-electron chi connectivity index (χ0n) is 21.7. The lowest BCUT2D eigenvalue weighted by molar-refractivity contribution is 0.194. The number of aromatic nitrogens is 3. The van der Waals surface area contributed by atoms with Gasteiger partial charge in [0, 0.05) is 22.5 Å². The molecule has 0 aliphatic carbocycles. The topological polar surface area (TPSA) is 64.3 Å². The van der Waals surface area contributed by atoms with Crippen LogP contribution in [0.2, 0.25) is 5.02 Å². The van der Waals surface area contributed by atoms with Gasteiger partial charge in [-0.25, -0.2) is 9.48 Å². The molecule has 2 aromatic heterocycles. The first-order chi connectivity index (χ1) is 19.0. The second-order valence-electron chi connectivity index (χ2n) is 9.41. The van der Waals surface area contributed by atoms with E-state index >= 15 is 0 Å². The molecule has 1 aliphatic heterocycles. The molecule has 0 saturated carbocycles. The third-order valence-corrected chi connectivity index (χ3v) is 7.17. The van der Waals surface area contributed by atoms with Crippen LogP contribution in [-0.2, 0) is 6.54 Å². The first-order valence-electron chi connectivity index (χ1n) is 12.9. The summed E-state index contributed by atoms with van der Waals surface area (Å²) in [6, 6.07) is 28.7. The largest absolute Gasteiger partial charge is 0.494 e. The summed E-state index contributed by atoms with van der Waals surface area (Å²) >= 11 is 6.22. The molecule has 3 heterocycles. The smallest absolute Gasteiger partial charge is 0.322 e. The number of urea groups is 1. The van der Waals surface area contributed by atoms with Crippen molar-refractivity contribution in [1.29, 1.82) is 0 Å². The van der Waals surface area contributed by atoms with E-state index in [4.69, 9.17) is 21.4 Å². The van der Waals surface area contributed by atoms with Crippen LogP contribution in [0, 0.1) is 6.92 Å². The van der Waals surface area contributed by atoms with E-state index in [2.05, 4.69) is 16.0 Å². The third-order valence-electron chi connectivity index (χ3n) is 6.93. The molecule has 2 amide bonds. The standard InChI is InChI=1S/C31H28ClN5O2/c1-3-39-26-16-14-22(15-17-26)29-28-13-8-18-35(28)30-27(21(2)34-37(30)25-11-5-4-6-12-25)20-36(29)31(38)33-24-10-7-9-23(32)19-24/h4-19,29H,3,20H2,1-2H3,(H,33,38). The summed E-state index contributed by atoms with van der Waals surface area (Å²) in [6.45, 7) is 4.90. The van der Waals surface area contributed by atoms with E-state index in [1.54, 1.807) is 12.1 Å². The molecule has 1 N–H and O–H groups in total. The number of carbonyl (C=O) groups is 1. The van der Waals surface area contributed by atoms with Crippen LogP contribution in [0.4, 0.5) is 10.5 Å². The predicted octanol–water partition coefficient (Wildman–Crippen LogP) is 7.16. The Kier molecular flexibility index (Phi) is 6.59. The number of fused-ring (bicyclic) bond motifs is 3. The first kappa shape index (κ1) is 24.8. The Hall–Kier alpha value is -4.49. The fraction of sp³-hybridized carbons (Fsp3) is 0.161. The number of carbonyl (C=O) groups excluding carboxylic acids is 1. The van der Waals surface area contributed by atoms with Gasteiger partial charge < -0.3 is 19.5 Å². The number of hydrogen-bond acceptors (Lipinski definition) is 3. The molecular weight excluding hydrogens is 510 g/mol. The summed E-state index contributed by atoms with van der Waals surface area (Å²) in [4.78, 5) is 15.9. The zero-order valence-corrected chi connectivity index (χ0v) is 22.5. The summed E-state index contributed by atoms with van der Waals surface area (Å²) in [6.07, 6.45) is 2.04. The van der Waals surface area contributed by atoms with Gasteiger partial charge in [0.1, 0.15) is 11.6 Å². The lowest BCUT2D eigenvalue weighted by atomic mass is 10.0. The van der Waals surface area contributed by atoms with Gasteiger partial charge in [-0.15, -0.1) is 0 Å². The van der Waals surface area contributed by atoms with Crippen LogP contribution in [0.3, 0.4) is 0 Å². The highest BCUT2D eigenvalue weighted by Crippen LogP contribution is 2.39. The van der Waals surface area contributed by atoms with E-state index in [-0.39, 0.29) is 12.1 Å². The molecule has 1 unspecified atom stereocenters. The molecule has 0 fully saturated rings. The molecule has 0 saturated heterocycles. The predicted molar refractivity (Wildman–Crippen MR) is 153 cm³/mol. The summed E-state index contributed by atoms with van der Waals surface area (Å²) in [5.74, 6) is 1.71. The number of nitrogens with zero attached hydrogens (tertiary/aromatic N) is 4. The molecule has 1 atom stereocenters. The summed E-state index contributed by atoms with van der Waals surface area (Å²) in [7, 11) is 0. The van der Waals surface area contributed by atoms with Gasteiger partial charge in [-0.3, -0.25) is 0 Å². The van der Waals surface area contributed by atoms with Crippen LogP contribution in [0.25, 0.3) is 11.5 Å². The van der Waals surface area contributed by atoms with Crippen LogP contribution in [0.15, 0.2) is 97.2 Å². The highest BCUT2D eigenvalue weighted by Gasteiger charge is 2.36. The maximum Gasteiger partial charge on any atom is 0.322 e. The van der Waals surface area contributed by atoms with Crippen molar-refractivity contribution in [3.05, 3.63) is 125 Å². The third kappa shape index (κ3) is 4.66. The van der Waals surface area contributed by atoms with Gasteiger partial charge in [-0.1, -0.05) is 48.0 Å². The lowest BCUT2D eigenvalue weighted by Crippen LogP contribution is -2.38. The average Bonchev–Trinajstić information content (AvgIpc) is 3.50. The van der Waals surface area contributed by atoms with Crippen molar-refractivity contribution in [2.24, 2.45) is 0 Å². The maximum atomic E-state index is 14.0. The van der Waals surface area contributed by atoms with Gasteiger partial charge >= 0.3 is 6.03 Å². The number of halogens is 1. The summed E-state index contributed by atoms with van der Waals surface area (Å²) in [5.41, 5.74) is 5.36. The molecule has 5 aromatic rings. The number of nitrogens with one attached hydrogen (secondary N) is 1. The molecule has 8 heteroatoms. The number of para-hydroxylation sites is 1. The second-order valence-corrected chi connectivity index (χ2v) is 9.85. The Labute approximate surface area is 232 Å². The lowest BCUT2D eigenvalue weighted by Gasteiger charge is -2.31. The highest BCUT2D eigenvalue weighted by molar-refractivity contribution is 6.30. The maximum absolute atomic E-state index is 14.0. The minimum atomic E-state index is -0.370. The molecule has 196 valence electrons. The van der Waals surface area contributed by atoms with Gasteiger partial charge in [0.25, 0.3) is 0 Å². The van der Waals surface area contributed by atoms with Crippen LogP contribution >= 0.6 is 11.6 Å². The van der Waals surface area contributed by atoms with E-state index in [1.165, 1.54) is 0 Å². The fourth-order valence-corrected chi connectivity index (χ4v) is 5.36. The average molecular weight is 538 g/mol. The number of ether oxygens (including phenoxy) is 1. The van der Waals surface area contributed by atoms with Crippen LogP contribution in [0.5, 0.6) is 5.75 Å². The number of amides is 2. The molecule has 1 aliphatic rings. The van der Waals surface area contributed by atoms with Gasteiger partial charge in [-0.05, 0) is 74.0 Å². The summed E-state index contributed by atoms with van der Waals surface area (Å²) in [5, 5.41) is 8.53. The summed E-state index contributed by atoms with van der Waals surface area (Å²) < 4.78 is 9.80. The SMILES string of the molecule is CCOc1ccc(C2c3cccn3-c3c(c(C)nn3-c3ccccc3)CN2C(=O)Nc2cccc(Cl)c2)cc1. The second kappa shape index (κ2) is 10.3. The number of benzene rings is 3. The van der Waals surface area contributed by atoms with Crippen LogP contribution in [-0.4, -0.2) is 31.9 Å². The van der Waals surface area contributed by atoms with Crippen molar-refractivity contribution in [3.8, 4) is 17.3 Å². The van der Waals surface area contributed by atoms with E-state index in [0.717, 1.165) is 39.8 Å². The molecule has 3 aromatic carbocycles. The van der Waals surface area contributed by atoms with E-state index < -0.39 is 0 Å². The Morgan fingerprint density at radius 1 is 1.03 bits per heavy atom. The van der Waals surface area contributed by atoms with E-state index in [1.807, 2.05) is 102 Å². The van der Waals surface area contributed by atoms with Crippen molar-refractivity contribution < 1.29 is 9.53 Å². The monoisotopic (exact) mass is 537 g/mol. The van der Waals surface area contributed by atoms with Crippen molar-refractivity contribution in [2.45, 2.75) is 26.4 Å². The van der Waals surface area contributed by atoms with Crippen molar-refractivity contribution in [2.75, 3.05) is 11.9 Å². The molecule has 6 rings (SSSR count). The van der Waals surface area contributed by atoms with Crippen molar-refractivity contribution in [3.63, 3.8) is 0 Å². The normalized spacial score (nSPS) is 14.3. The first-order valence-corrected chi connectivity index (χ1v) is 13.3. The molecule has 7 nitrogen and oxygen atoms in total. The zero-order chi connectivity index (χ0) is 26.9. The van der Waals surface area contributed by atoms with Gasteiger partial charge in [0.15, 0.2) is 0 Å². The van der Waals surface area contributed by atoms with Gasteiger partial charge in [-0.2, -0.15) is 5.10 Å². The Morgan fingerprint density at radius 3 is 2.56 bits per heavy atom. The Bertz CT molecular complexity index is 1620. The van der Waals surface area contributed by atoms with Crippen LogP contribution in [0.1, 0.15) is 35.5 Å². The fourth-order valence-electron chi connectivity index (χ4n) is 5.17. The van der Waals surface area contributed by atoms with Crippen molar-refractivity contribution >= 4 is 23.3 Å². The van der Waals surface area contributed by atoms with Gasteiger partial charge in [0.2, 0.25) is 0 Å². The molecule has 39 heavy (non-hydrogen) atoms. The molecular formula is C31H28ClN5O2. The number of aryl methyl sites for hydroxylation is 1. The molecule has 0 spiro atoms. The minimum absolute atomic E-state index is 0.233. The minimum Gasteiger partial charge on any atom is -0.494 e. The Balaban J connectivity index is 1.51. The number of rotatable bonds is 5.